The Morgan fingerprint density at radius 3 is 2.48 bits per heavy atom. The lowest BCUT2D eigenvalue weighted by molar-refractivity contribution is -0.738. The van der Waals surface area contributed by atoms with Gasteiger partial charge in [0.1, 0.15) is 5.75 Å². The molecule has 1 unspecified atom stereocenters. The molecule has 0 fully saturated rings. The summed E-state index contributed by atoms with van der Waals surface area (Å²) in [7, 11) is 3.92. The summed E-state index contributed by atoms with van der Waals surface area (Å²) in [6.45, 7) is 0. The molecule has 0 aliphatic carbocycles. The van der Waals surface area contributed by atoms with E-state index in [1.165, 1.54) is 27.4 Å². The lowest BCUT2D eigenvalue weighted by atomic mass is 10.2. The summed E-state index contributed by atoms with van der Waals surface area (Å²) in [6.07, 6.45) is -0.363. The number of benzene rings is 1. The third-order valence-corrected chi connectivity index (χ3v) is 4.10. The molecule has 1 N–H and O–H groups in total. The van der Waals surface area contributed by atoms with Crippen LogP contribution < -0.4 is 4.74 Å². The highest BCUT2D eigenvalue weighted by Crippen LogP contribution is 2.37. The largest absolute Gasteiger partial charge is 0.497 e. The number of carboxylic acid groups (broad SMARTS) is 1. The molecule has 0 aliphatic heterocycles. The van der Waals surface area contributed by atoms with E-state index >= 15 is 0 Å². The molecule has 0 saturated carbocycles. The average Bonchev–Trinajstić information content (AvgIpc) is 2.53. The maximum Gasteiger partial charge on any atom is 0.330 e. The molecule has 23 heavy (non-hydrogen) atoms. The van der Waals surface area contributed by atoms with Crippen LogP contribution in [-0.4, -0.2) is 48.5 Å². The van der Waals surface area contributed by atoms with Gasteiger partial charge >= 0.3 is 17.6 Å². The number of aliphatic carboxylic acids is 1. The number of esters is 1. The van der Waals surface area contributed by atoms with Gasteiger partial charge in [-0.1, -0.05) is 0 Å². The number of carbonyl (C=O) groups excluding carboxylic acids is 1. The third kappa shape index (κ3) is 5.78. The molecule has 8 nitrogen and oxygen atoms in total. The predicted molar refractivity (Wildman–Crippen MR) is 81.8 cm³/mol. The van der Waals surface area contributed by atoms with E-state index < -0.39 is 17.2 Å². The number of hydrogen-bond acceptors (Lipinski definition) is 7. The van der Waals surface area contributed by atoms with E-state index in [1.54, 1.807) is 12.1 Å². The molecule has 1 atom stereocenters. The van der Waals surface area contributed by atoms with Crippen molar-refractivity contribution in [3.05, 3.63) is 23.1 Å². The van der Waals surface area contributed by atoms with Crippen LogP contribution in [0.2, 0.25) is 0 Å². The van der Waals surface area contributed by atoms with E-state index in [2.05, 4.69) is 9.57 Å². The first kappa shape index (κ1) is 18.8. The Balaban J connectivity index is 3.10. The number of rotatable bonds is 9. The zero-order valence-corrected chi connectivity index (χ0v) is 13.8. The standard InChI is InChI=1S/C14H17NO7S/c1-20-9-4-5-11(15(19)22-3)12(6-9)23-10(7-13(16)17)8-14(18)21-2/h4-6,10H,7-8H2,1-3H3/p+1. The van der Waals surface area contributed by atoms with Gasteiger partial charge in [0.15, 0.2) is 7.11 Å². The Morgan fingerprint density at radius 1 is 1.26 bits per heavy atom. The van der Waals surface area contributed by atoms with Crippen molar-refractivity contribution < 1.29 is 33.9 Å². The fraction of sp³-hybridized carbons (Fsp3) is 0.429. The van der Waals surface area contributed by atoms with Crippen LogP contribution in [0.15, 0.2) is 23.1 Å². The Hall–Kier alpha value is -2.29. The molecule has 0 heterocycles. The lowest BCUT2D eigenvalue weighted by Gasteiger charge is -2.13. The smallest absolute Gasteiger partial charge is 0.330 e. The number of nitrogens with zero attached hydrogens (tertiary/aromatic N) is 1. The molecule has 0 spiro atoms. The van der Waals surface area contributed by atoms with Gasteiger partial charge in [0.25, 0.3) is 4.92 Å². The first-order chi connectivity index (χ1) is 10.9. The molecule has 1 rings (SSSR count). The molecule has 0 radical (unpaired) electrons. The van der Waals surface area contributed by atoms with Gasteiger partial charge in [-0.15, -0.1) is 11.8 Å². The van der Waals surface area contributed by atoms with Crippen LogP contribution >= 0.6 is 11.8 Å². The van der Waals surface area contributed by atoms with E-state index in [0.717, 1.165) is 11.8 Å². The topological polar surface area (TPSA) is 102 Å². The predicted octanol–water partition coefficient (Wildman–Crippen LogP) is 2.17. The Labute approximate surface area is 137 Å². The van der Waals surface area contributed by atoms with Crippen LogP contribution in [-0.2, 0) is 19.2 Å². The van der Waals surface area contributed by atoms with Crippen molar-refractivity contribution in [2.24, 2.45) is 0 Å². The van der Waals surface area contributed by atoms with Gasteiger partial charge in [-0.2, -0.15) is 0 Å². The van der Waals surface area contributed by atoms with Gasteiger partial charge in [-0.3, -0.25) is 9.59 Å². The van der Waals surface area contributed by atoms with Crippen LogP contribution in [0.25, 0.3) is 0 Å². The maximum atomic E-state index is 11.7. The number of thioether (sulfide) groups is 1. The monoisotopic (exact) mass is 344 g/mol. The highest BCUT2D eigenvalue weighted by molar-refractivity contribution is 8.00. The molecule has 0 bridgehead atoms. The zero-order chi connectivity index (χ0) is 17.4. The number of methoxy groups -OCH3 is 2. The first-order valence-corrected chi connectivity index (χ1v) is 7.43. The molecule has 126 valence electrons. The van der Waals surface area contributed by atoms with Gasteiger partial charge in [0, 0.05) is 17.4 Å². The number of hydrogen-bond donors (Lipinski definition) is 1. The fourth-order valence-corrected chi connectivity index (χ4v) is 3.02. The third-order valence-electron chi connectivity index (χ3n) is 2.85. The summed E-state index contributed by atoms with van der Waals surface area (Å²) < 4.78 is 9.68. The van der Waals surface area contributed by atoms with Gasteiger partial charge in [0.05, 0.1) is 36.9 Å². The van der Waals surface area contributed by atoms with Crippen LogP contribution in [0.4, 0.5) is 5.69 Å². The second-order valence-corrected chi connectivity index (χ2v) is 5.73. The van der Waals surface area contributed by atoms with E-state index in [0.29, 0.717) is 15.6 Å². The molecular weight excluding hydrogens is 326 g/mol. The molecule has 0 aliphatic rings. The van der Waals surface area contributed by atoms with Gasteiger partial charge in [-0.25, -0.2) is 4.84 Å². The second-order valence-electron chi connectivity index (χ2n) is 4.39. The minimum absolute atomic E-state index is 0.101. The summed E-state index contributed by atoms with van der Waals surface area (Å²) in [4.78, 5) is 39.5. The van der Waals surface area contributed by atoms with Crippen molar-refractivity contribution in [3.8, 4) is 5.75 Å². The van der Waals surface area contributed by atoms with Crippen LogP contribution in [0.3, 0.4) is 0 Å². The normalized spacial score (nSPS) is 11.4. The highest BCUT2D eigenvalue weighted by Gasteiger charge is 2.27. The van der Waals surface area contributed by atoms with E-state index in [9.17, 15) is 14.5 Å². The second kappa shape index (κ2) is 8.99. The minimum atomic E-state index is -1.05. The first-order valence-electron chi connectivity index (χ1n) is 6.56. The van der Waals surface area contributed by atoms with E-state index in [-0.39, 0.29) is 18.5 Å². The molecule has 1 aromatic carbocycles. The zero-order valence-electron chi connectivity index (χ0n) is 13.0. The number of carboxylic acids is 1. The molecule has 1 aromatic rings. The van der Waals surface area contributed by atoms with Crippen LogP contribution in [0.1, 0.15) is 12.8 Å². The number of carbonyl (C=O) groups is 2. The number of ether oxygens (including phenoxy) is 2. The summed E-state index contributed by atoms with van der Waals surface area (Å²) in [6, 6.07) is 4.65. The van der Waals surface area contributed by atoms with E-state index in [1.807, 2.05) is 0 Å². The van der Waals surface area contributed by atoms with Crippen LogP contribution in [0, 0.1) is 4.91 Å². The Morgan fingerprint density at radius 2 is 1.96 bits per heavy atom. The van der Waals surface area contributed by atoms with Crippen molar-refractivity contribution in [2.45, 2.75) is 23.0 Å². The van der Waals surface area contributed by atoms with Crippen molar-refractivity contribution >= 4 is 29.4 Å². The SMILES string of the molecule is COC(=O)CC(CC(=O)O)Sc1cc(OC)ccc1[N+](=O)OC. The van der Waals surface area contributed by atoms with Crippen molar-refractivity contribution in [1.82, 2.24) is 0 Å². The fourth-order valence-electron chi connectivity index (χ4n) is 1.76. The quantitative estimate of drug-likeness (QED) is 0.413. The Bertz CT molecular complexity index is 590. The molecule has 0 aromatic heterocycles. The van der Waals surface area contributed by atoms with Gasteiger partial charge in [-0.05, 0) is 6.07 Å². The molecule has 0 amide bonds. The van der Waals surface area contributed by atoms with Gasteiger partial charge in [0.2, 0.25) is 0 Å². The lowest BCUT2D eigenvalue weighted by Crippen LogP contribution is -2.16. The van der Waals surface area contributed by atoms with Crippen molar-refractivity contribution in [1.29, 1.82) is 0 Å². The Kier molecular flexibility index (Phi) is 7.33. The molecular formula is C14H18NO7S+. The molecule has 9 heteroatoms. The van der Waals surface area contributed by atoms with Gasteiger partial charge < -0.3 is 14.6 Å². The van der Waals surface area contributed by atoms with E-state index in [4.69, 9.17) is 9.84 Å². The molecule has 0 saturated heterocycles. The van der Waals surface area contributed by atoms with Crippen molar-refractivity contribution in [3.63, 3.8) is 0 Å². The van der Waals surface area contributed by atoms with Crippen LogP contribution in [0.5, 0.6) is 5.75 Å². The summed E-state index contributed by atoms with van der Waals surface area (Å²) >= 11 is 1.08. The summed E-state index contributed by atoms with van der Waals surface area (Å²) in [5.41, 5.74) is 0.193. The maximum absolute atomic E-state index is 11.7. The average molecular weight is 344 g/mol. The summed E-state index contributed by atoms with van der Waals surface area (Å²) in [5, 5.41) is 8.39. The minimum Gasteiger partial charge on any atom is -0.497 e. The highest BCUT2D eigenvalue weighted by atomic mass is 32.2. The summed E-state index contributed by atoms with van der Waals surface area (Å²) in [5.74, 6) is -1.09. The van der Waals surface area contributed by atoms with Crippen molar-refractivity contribution in [2.75, 3.05) is 21.3 Å².